The van der Waals surface area contributed by atoms with E-state index in [9.17, 15) is 19.2 Å². The van der Waals surface area contributed by atoms with Gasteiger partial charge in [0.15, 0.2) is 12.2 Å². The van der Waals surface area contributed by atoms with E-state index in [1.165, 1.54) is 0 Å². The molecule has 1 saturated heterocycles. The number of halogens is 3. The summed E-state index contributed by atoms with van der Waals surface area (Å²) >= 11 is 16.8. The normalized spacial score (nSPS) is 26.2. The predicted molar refractivity (Wildman–Crippen MR) is 101 cm³/mol. The van der Waals surface area contributed by atoms with Crippen molar-refractivity contribution in [3.63, 3.8) is 0 Å². The number of alkyl halides is 3. The van der Waals surface area contributed by atoms with Crippen LogP contribution in [0.2, 0.25) is 0 Å². The molecular weight excluding hydrogens is 473 g/mol. The summed E-state index contributed by atoms with van der Waals surface area (Å²) in [6.45, 7) is 3.86. The van der Waals surface area contributed by atoms with Crippen molar-refractivity contribution in [1.29, 1.82) is 5.41 Å². The summed E-state index contributed by atoms with van der Waals surface area (Å²) in [4.78, 5) is 46.1. The largest absolute Gasteiger partial charge is 0.463 e. The van der Waals surface area contributed by atoms with Crippen molar-refractivity contribution in [2.75, 3.05) is 6.61 Å². The van der Waals surface area contributed by atoms with Gasteiger partial charge in [-0.25, -0.2) is 0 Å². The lowest BCUT2D eigenvalue weighted by atomic mass is 9.98. The number of nitrogens with one attached hydrogen (secondary N) is 1. The van der Waals surface area contributed by atoms with Crippen LogP contribution in [0.1, 0.15) is 27.7 Å². The average Bonchev–Trinajstić information content (AvgIpc) is 2.56. The molecule has 14 heteroatoms. The van der Waals surface area contributed by atoms with Gasteiger partial charge in [-0.3, -0.25) is 24.6 Å². The molecule has 170 valence electrons. The average molecular weight is 493 g/mol. The van der Waals surface area contributed by atoms with E-state index in [-0.39, 0.29) is 0 Å². The molecule has 0 radical (unpaired) electrons. The summed E-state index contributed by atoms with van der Waals surface area (Å²) in [5.74, 6) is -4.03. The number of hydrogen-bond donors (Lipinski definition) is 1. The first kappa shape index (κ1) is 26.2. The lowest BCUT2D eigenvalue weighted by Gasteiger charge is -2.44. The van der Waals surface area contributed by atoms with Crippen molar-refractivity contribution in [2.45, 2.75) is 62.2 Å². The molecule has 0 aromatic rings. The highest BCUT2D eigenvalue weighted by Gasteiger charge is 2.54. The molecule has 0 amide bonds. The molecule has 1 rings (SSSR count). The van der Waals surface area contributed by atoms with E-state index < -0.39 is 70.9 Å². The van der Waals surface area contributed by atoms with E-state index in [4.69, 9.17) is 68.6 Å². The molecule has 0 aromatic heterocycles. The molecule has 0 spiro atoms. The van der Waals surface area contributed by atoms with Gasteiger partial charge in [0.1, 0.15) is 12.7 Å². The van der Waals surface area contributed by atoms with Gasteiger partial charge in [-0.2, -0.15) is 0 Å². The number of carbonyl (C=O) groups excluding carboxylic acids is 4. The fourth-order valence-electron chi connectivity index (χ4n) is 2.47. The second-order valence-electron chi connectivity index (χ2n) is 6.01. The lowest BCUT2D eigenvalue weighted by Crippen LogP contribution is -2.63. The van der Waals surface area contributed by atoms with Crippen LogP contribution in [0.5, 0.6) is 0 Å². The van der Waals surface area contributed by atoms with E-state index in [0.29, 0.717) is 0 Å². The van der Waals surface area contributed by atoms with Gasteiger partial charge in [0, 0.05) is 27.7 Å². The SMILES string of the molecule is CC(=O)OCC1OC(OC(=N)C(Cl)(Cl)Cl)C(OC(C)=O)[C@@H](OC(C)=O)C1OC(C)=O. The van der Waals surface area contributed by atoms with Gasteiger partial charge in [-0.1, -0.05) is 34.8 Å². The maximum absolute atomic E-state index is 11.7. The Morgan fingerprint density at radius 2 is 1.27 bits per heavy atom. The molecule has 30 heavy (non-hydrogen) atoms. The summed E-state index contributed by atoms with van der Waals surface area (Å²) in [7, 11) is 0. The standard InChI is InChI=1S/C16H20Cl3NO10/c1-6(21)25-5-10-11(26-7(2)22)12(27-8(3)23)13(28-9(4)24)14(29-10)30-15(20)16(17,18)19/h10-14,20H,5H2,1-4H3/t10?,11?,12-,13?,14?/m0/s1. The lowest BCUT2D eigenvalue weighted by molar-refractivity contribution is -0.292. The van der Waals surface area contributed by atoms with Gasteiger partial charge in [0.25, 0.3) is 3.79 Å². The molecule has 1 fully saturated rings. The highest BCUT2D eigenvalue weighted by Crippen LogP contribution is 2.33. The van der Waals surface area contributed by atoms with Crippen LogP contribution in [0.4, 0.5) is 0 Å². The third kappa shape index (κ3) is 8.13. The molecule has 0 bridgehead atoms. The molecule has 1 N–H and O–H groups in total. The molecule has 1 aliphatic rings. The zero-order chi connectivity index (χ0) is 23.2. The van der Waals surface area contributed by atoms with Gasteiger partial charge in [-0.15, -0.1) is 0 Å². The third-order valence-corrected chi connectivity index (χ3v) is 3.95. The minimum atomic E-state index is -2.29. The van der Waals surface area contributed by atoms with E-state index in [1.807, 2.05) is 0 Å². The van der Waals surface area contributed by atoms with Gasteiger partial charge >= 0.3 is 23.9 Å². The van der Waals surface area contributed by atoms with Crippen LogP contribution < -0.4 is 0 Å². The van der Waals surface area contributed by atoms with Crippen molar-refractivity contribution < 1.29 is 47.6 Å². The van der Waals surface area contributed by atoms with Crippen LogP contribution in [0.3, 0.4) is 0 Å². The van der Waals surface area contributed by atoms with Crippen molar-refractivity contribution in [3.8, 4) is 0 Å². The van der Waals surface area contributed by atoms with Crippen LogP contribution in [0, 0.1) is 5.41 Å². The molecule has 4 unspecified atom stereocenters. The fourth-order valence-corrected chi connectivity index (χ4v) is 2.60. The zero-order valence-electron chi connectivity index (χ0n) is 16.3. The van der Waals surface area contributed by atoms with E-state index in [2.05, 4.69) is 0 Å². The Morgan fingerprint density at radius 1 is 0.800 bits per heavy atom. The number of carbonyl (C=O) groups is 4. The van der Waals surface area contributed by atoms with Gasteiger partial charge in [0.2, 0.25) is 18.3 Å². The summed E-state index contributed by atoms with van der Waals surface area (Å²) in [6, 6.07) is 0. The van der Waals surface area contributed by atoms with Crippen LogP contribution in [0.15, 0.2) is 0 Å². The van der Waals surface area contributed by atoms with E-state index in [1.54, 1.807) is 0 Å². The van der Waals surface area contributed by atoms with Crippen LogP contribution in [-0.4, -0.2) is 70.9 Å². The highest BCUT2D eigenvalue weighted by atomic mass is 35.6. The van der Waals surface area contributed by atoms with Crippen molar-refractivity contribution in [1.82, 2.24) is 0 Å². The quantitative estimate of drug-likeness (QED) is 0.190. The minimum Gasteiger partial charge on any atom is -0.463 e. The summed E-state index contributed by atoms with van der Waals surface area (Å²) in [6.07, 6.45) is -7.25. The first-order valence-electron chi connectivity index (χ1n) is 8.35. The maximum Gasteiger partial charge on any atom is 0.303 e. The van der Waals surface area contributed by atoms with E-state index in [0.717, 1.165) is 27.7 Å². The maximum atomic E-state index is 11.7. The second-order valence-corrected chi connectivity index (χ2v) is 8.29. The van der Waals surface area contributed by atoms with Crippen LogP contribution >= 0.6 is 34.8 Å². The fraction of sp³-hybridized carbons (Fsp3) is 0.688. The Morgan fingerprint density at radius 3 is 1.70 bits per heavy atom. The zero-order valence-corrected chi connectivity index (χ0v) is 18.6. The van der Waals surface area contributed by atoms with Gasteiger partial charge in [-0.05, 0) is 0 Å². The minimum absolute atomic E-state index is 0.460. The monoisotopic (exact) mass is 491 g/mol. The Kier molecular flexibility index (Phi) is 9.60. The third-order valence-electron chi connectivity index (χ3n) is 3.44. The molecule has 0 aliphatic carbocycles. The molecule has 5 atom stereocenters. The van der Waals surface area contributed by atoms with Gasteiger partial charge < -0.3 is 28.4 Å². The van der Waals surface area contributed by atoms with Gasteiger partial charge in [0.05, 0.1) is 0 Å². The Bertz CT molecular complexity index is 695. The topological polar surface area (TPSA) is 148 Å². The first-order chi connectivity index (χ1) is 13.7. The predicted octanol–water partition coefficient (Wildman–Crippen LogP) is 1.43. The van der Waals surface area contributed by atoms with Crippen molar-refractivity contribution in [2.24, 2.45) is 0 Å². The van der Waals surface area contributed by atoms with Crippen LogP contribution in [-0.2, 0) is 47.6 Å². The number of ether oxygens (including phenoxy) is 6. The van der Waals surface area contributed by atoms with Crippen molar-refractivity contribution >= 4 is 64.6 Å². The number of esters is 4. The molecule has 0 saturated carbocycles. The first-order valence-corrected chi connectivity index (χ1v) is 9.48. The molecule has 1 heterocycles. The molecule has 0 aromatic carbocycles. The molecule has 11 nitrogen and oxygen atoms in total. The smallest absolute Gasteiger partial charge is 0.303 e. The number of rotatable bonds is 6. The number of hydrogen-bond acceptors (Lipinski definition) is 11. The van der Waals surface area contributed by atoms with Crippen LogP contribution in [0.25, 0.3) is 0 Å². The van der Waals surface area contributed by atoms with E-state index >= 15 is 0 Å². The van der Waals surface area contributed by atoms with Crippen molar-refractivity contribution in [3.05, 3.63) is 0 Å². The Hall–Kier alpha value is -1.82. The second kappa shape index (κ2) is 11.0. The Labute approximate surface area is 186 Å². The Balaban J connectivity index is 3.37. The summed E-state index contributed by atoms with van der Waals surface area (Å²) < 4.78 is 28.9. The molecular formula is C16H20Cl3NO10. The highest BCUT2D eigenvalue weighted by molar-refractivity contribution is 6.76. The molecule has 1 aliphatic heterocycles. The summed E-state index contributed by atoms with van der Waals surface area (Å²) in [5.41, 5.74) is 0. The summed E-state index contributed by atoms with van der Waals surface area (Å²) in [5, 5.41) is 7.74.